The van der Waals surface area contributed by atoms with Crippen molar-refractivity contribution in [3.05, 3.63) is 58.5 Å². The van der Waals surface area contributed by atoms with Crippen molar-refractivity contribution in [1.29, 1.82) is 0 Å². The zero-order chi connectivity index (χ0) is 29.5. The highest BCUT2D eigenvalue weighted by atomic mass is 32.2. The molecule has 1 aromatic carbocycles. The maximum Gasteiger partial charge on any atom is 0.421 e. The fourth-order valence-electron chi connectivity index (χ4n) is 5.60. The van der Waals surface area contributed by atoms with Crippen molar-refractivity contribution in [1.82, 2.24) is 19.8 Å². The van der Waals surface area contributed by atoms with E-state index in [4.69, 9.17) is 12.2 Å². The van der Waals surface area contributed by atoms with E-state index in [0.717, 1.165) is 0 Å². The van der Waals surface area contributed by atoms with Gasteiger partial charge in [0.15, 0.2) is 5.60 Å². The molecular formula is C27H35F3N4O4S2. The lowest BCUT2D eigenvalue weighted by molar-refractivity contribution is -0.258. The average Bonchev–Trinajstić information content (AvgIpc) is 2.88. The molecule has 4 rings (SSSR count). The molecule has 2 saturated heterocycles. The van der Waals surface area contributed by atoms with Crippen molar-refractivity contribution < 1.29 is 31.5 Å². The molecule has 13 heteroatoms. The summed E-state index contributed by atoms with van der Waals surface area (Å²) in [6, 6.07) is 4.93. The Morgan fingerprint density at radius 3 is 2.45 bits per heavy atom. The maximum absolute atomic E-state index is 13.8. The van der Waals surface area contributed by atoms with Gasteiger partial charge in [0.1, 0.15) is 0 Å². The molecule has 2 heterocycles. The van der Waals surface area contributed by atoms with Crippen LogP contribution in [0, 0.1) is 5.92 Å². The SMILES string of the molecule is CC(C)[C@@H]1C(=O)NCCN1C[C@@]1(c2ccc([C@](C)(O)C(F)(F)F)cc2)CN(S(=O)(=O)C2=CC=CCC2=S)CCN1. The third-order valence-corrected chi connectivity index (χ3v) is 10.3. The Morgan fingerprint density at radius 1 is 1.18 bits per heavy atom. The van der Waals surface area contributed by atoms with Crippen molar-refractivity contribution in [3.8, 4) is 0 Å². The summed E-state index contributed by atoms with van der Waals surface area (Å²) in [6.07, 6.45) is 0.392. The Balaban J connectivity index is 1.76. The molecule has 8 nitrogen and oxygen atoms in total. The number of carbonyl (C=O) groups is 1. The van der Waals surface area contributed by atoms with Crippen molar-refractivity contribution >= 4 is 33.0 Å². The van der Waals surface area contributed by atoms with Crippen LogP contribution in [0.2, 0.25) is 0 Å². The van der Waals surface area contributed by atoms with Gasteiger partial charge in [0.2, 0.25) is 15.9 Å². The zero-order valence-corrected chi connectivity index (χ0v) is 24.3. The number of hydrogen-bond acceptors (Lipinski definition) is 7. The molecule has 2 aliphatic heterocycles. The molecule has 3 N–H and O–H groups in total. The second kappa shape index (κ2) is 11.3. The monoisotopic (exact) mass is 600 g/mol. The van der Waals surface area contributed by atoms with Gasteiger partial charge in [-0.2, -0.15) is 17.5 Å². The molecular weight excluding hydrogens is 565 g/mol. The number of benzene rings is 1. The number of halogens is 3. The van der Waals surface area contributed by atoms with Gasteiger partial charge in [0.05, 0.1) is 16.5 Å². The second-order valence-corrected chi connectivity index (χ2v) is 13.4. The van der Waals surface area contributed by atoms with E-state index in [1.165, 1.54) is 34.6 Å². The van der Waals surface area contributed by atoms with Gasteiger partial charge in [-0.1, -0.05) is 62.5 Å². The number of nitrogens with one attached hydrogen (secondary N) is 2. The summed E-state index contributed by atoms with van der Waals surface area (Å²) in [7, 11) is -3.97. The van der Waals surface area contributed by atoms with Crippen LogP contribution in [0.3, 0.4) is 0 Å². The van der Waals surface area contributed by atoms with Crippen molar-refractivity contribution in [2.24, 2.45) is 5.92 Å². The van der Waals surface area contributed by atoms with Crippen LogP contribution < -0.4 is 10.6 Å². The van der Waals surface area contributed by atoms with E-state index in [1.54, 1.807) is 12.2 Å². The number of thiocarbonyl (C=S) groups is 1. The molecule has 0 spiro atoms. The van der Waals surface area contributed by atoms with Crippen LogP contribution in [0.5, 0.6) is 0 Å². The van der Waals surface area contributed by atoms with Gasteiger partial charge in [0, 0.05) is 50.6 Å². The van der Waals surface area contributed by atoms with E-state index in [2.05, 4.69) is 10.6 Å². The first-order valence-electron chi connectivity index (χ1n) is 13.2. The Hall–Kier alpha value is -2.16. The molecule has 3 atom stereocenters. The molecule has 2 fully saturated rings. The van der Waals surface area contributed by atoms with E-state index >= 15 is 0 Å². The van der Waals surface area contributed by atoms with Crippen molar-refractivity contribution in [2.75, 3.05) is 39.3 Å². The van der Waals surface area contributed by atoms with Crippen LogP contribution in [-0.4, -0.2) is 85.0 Å². The number of hydrogen-bond donors (Lipinski definition) is 3. The number of aliphatic hydroxyl groups is 1. The Kier molecular flexibility index (Phi) is 8.66. The minimum atomic E-state index is -4.88. The number of rotatable bonds is 7. The van der Waals surface area contributed by atoms with Gasteiger partial charge in [-0.15, -0.1) is 0 Å². The van der Waals surface area contributed by atoms with Crippen LogP contribution in [0.1, 0.15) is 38.3 Å². The maximum atomic E-state index is 13.8. The van der Waals surface area contributed by atoms with Crippen LogP contribution >= 0.6 is 12.2 Å². The summed E-state index contributed by atoms with van der Waals surface area (Å²) in [4.78, 5) is 15.2. The van der Waals surface area contributed by atoms with Crippen LogP contribution in [0.25, 0.3) is 0 Å². The lowest BCUT2D eigenvalue weighted by Gasteiger charge is -2.48. The van der Waals surface area contributed by atoms with Crippen LogP contribution in [-0.2, 0) is 26.0 Å². The number of nitrogens with zero attached hydrogens (tertiary/aromatic N) is 2. The lowest BCUT2D eigenvalue weighted by atomic mass is 9.84. The highest BCUT2D eigenvalue weighted by molar-refractivity contribution is 7.96. The first-order valence-corrected chi connectivity index (χ1v) is 15.0. The summed E-state index contributed by atoms with van der Waals surface area (Å²) in [6.45, 7) is 6.12. The lowest BCUT2D eigenvalue weighted by Crippen LogP contribution is -2.67. The average molecular weight is 601 g/mol. The molecule has 3 aliphatic rings. The number of piperazine rings is 2. The molecule has 1 aromatic rings. The van der Waals surface area contributed by atoms with Gasteiger partial charge in [-0.3, -0.25) is 9.69 Å². The van der Waals surface area contributed by atoms with Crippen LogP contribution in [0.4, 0.5) is 13.2 Å². The largest absolute Gasteiger partial charge is 0.421 e. The van der Waals surface area contributed by atoms with E-state index < -0.39 is 33.4 Å². The fourth-order valence-corrected chi connectivity index (χ4v) is 7.70. The molecule has 1 amide bonds. The Bertz CT molecular complexity index is 1310. The van der Waals surface area contributed by atoms with E-state index in [1.807, 2.05) is 18.7 Å². The van der Waals surface area contributed by atoms with E-state index in [0.29, 0.717) is 36.9 Å². The van der Waals surface area contributed by atoms with Gasteiger partial charge < -0.3 is 15.7 Å². The summed E-state index contributed by atoms with van der Waals surface area (Å²) >= 11 is 5.35. The van der Waals surface area contributed by atoms with E-state index in [9.17, 15) is 31.5 Å². The normalized spacial score (nSPS) is 26.9. The van der Waals surface area contributed by atoms with Crippen LogP contribution in [0.15, 0.2) is 47.4 Å². The standard InChI is InChI=1S/C27H35F3N4O4S2/c1-18(2)23-24(35)31-12-14-33(23)16-26(20-10-8-19(9-11-20)25(3,36)27(28,29)30)17-34(15-13-32-26)40(37,38)22-7-5-4-6-21(22)39/h4-5,7-11,18,23,32,36H,6,12-17H2,1-3H3,(H,31,35)/t23-,25+,26+/m1/s1. The predicted octanol–water partition coefficient (Wildman–Crippen LogP) is 2.56. The quantitative estimate of drug-likeness (QED) is 0.414. The molecule has 0 radical (unpaired) electrons. The minimum absolute atomic E-state index is 0.0308. The summed E-state index contributed by atoms with van der Waals surface area (Å²) in [5.74, 6) is -0.167. The zero-order valence-electron chi connectivity index (χ0n) is 22.7. The summed E-state index contributed by atoms with van der Waals surface area (Å²) < 4.78 is 69.4. The number of sulfonamides is 1. The third-order valence-electron chi connectivity index (χ3n) is 7.87. The first kappa shape index (κ1) is 30.8. The summed E-state index contributed by atoms with van der Waals surface area (Å²) in [5, 5.41) is 16.5. The fraction of sp³-hybridized carbons (Fsp3) is 0.556. The number of alkyl halides is 3. The van der Waals surface area contributed by atoms with Crippen molar-refractivity contribution in [3.63, 3.8) is 0 Å². The second-order valence-electron chi connectivity index (χ2n) is 11.0. The smallest absolute Gasteiger partial charge is 0.376 e. The summed E-state index contributed by atoms with van der Waals surface area (Å²) in [5.41, 5.74) is -3.91. The van der Waals surface area contributed by atoms with Gasteiger partial charge >= 0.3 is 6.18 Å². The van der Waals surface area contributed by atoms with Gasteiger partial charge in [0.25, 0.3) is 0 Å². The third kappa shape index (κ3) is 5.77. The number of allylic oxidation sites excluding steroid dienone is 4. The molecule has 0 unspecified atom stereocenters. The Labute approximate surface area is 238 Å². The Morgan fingerprint density at radius 2 is 1.85 bits per heavy atom. The van der Waals surface area contributed by atoms with E-state index in [-0.39, 0.29) is 48.5 Å². The molecule has 0 bridgehead atoms. The first-order chi connectivity index (χ1) is 18.6. The topological polar surface area (TPSA) is 102 Å². The highest BCUT2D eigenvalue weighted by Gasteiger charge is 2.51. The molecule has 0 aromatic heterocycles. The molecule has 0 saturated carbocycles. The number of carbonyl (C=O) groups excluding carboxylic acids is 1. The number of amides is 1. The van der Waals surface area contributed by atoms with Gasteiger partial charge in [-0.25, -0.2) is 8.42 Å². The predicted molar refractivity (Wildman–Crippen MR) is 150 cm³/mol. The highest BCUT2D eigenvalue weighted by Crippen LogP contribution is 2.39. The molecule has 1 aliphatic carbocycles. The molecule has 220 valence electrons. The van der Waals surface area contributed by atoms with Gasteiger partial charge in [-0.05, 0) is 30.0 Å². The molecule has 40 heavy (non-hydrogen) atoms. The van der Waals surface area contributed by atoms with Crippen molar-refractivity contribution in [2.45, 2.75) is 50.6 Å². The minimum Gasteiger partial charge on any atom is -0.376 e.